The molecule has 2 heterocycles. The maximum Gasteiger partial charge on any atom is 0.123 e. The first-order chi connectivity index (χ1) is 10.8. The first-order valence-electron chi connectivity index (χ1n) is 7.89. The smallest absolute Gasteiger partial charge is 0.123 e. The highest BCUT2D eigenvalue weighted by Gasteiger charge is 2.17. The van der Waals surface area contributed by atoms with Gasteiger partial charge in [0.15, 0.2) is 0 Å². The maximum atomic E-state index is 5.44. The predicted octanol–water partition coefficient (Wildman–Crippen LogP) is 1.78. The number of para-hydroxylation sites is 1. The van der Waals surface area contributed by atoms with Gasteiger partial charge in [-0.2, -0.15) is 5.10 Å². The van der Waals surface area contributed by atoms with Crippen LogP contribution in [0.1, 0.15) is 11.1 Å². The number of aromatic nitrogens is 2. The number of hydrogen-bond acceptors (Lipinski definition) is 4. The van der Waals surface area contributed by atoms with Crippen molar-refractivity contribution < 1.29 is 4.74 Å². The van der Waals surface area contributed by atoms with E-state index < -0.39 is 0 Å². The minimum atomic E-state index is 0.972. The largest absolute Gasteiger partial charge is 0.496 e. The molecule has 1 aromatic heterocycles. The molecule has 1 aliphatic rings. The van der Waals surface area contributed by atoms with E-state index >= 15 is 0 Å². The highest BCUT2D eigenvalue weighted by molar-refractivity contribution is 5.33. The Kier molecular flexibility index (Phi) is 5.08. The van der Waals surface area contributed by atoms with Crippen molar-refractivity contribution in [2.45, 2.75) is 13.0 Å². The number of piperazine rings is 1. The highest BCUT2D eigenvalue weighted by atomic mass is 16.5. The molecule has 1 fully saturated rings. The van der Waals surface area contributed by atoms with Gasteiger partial charge < -0.3 is 9.64 Å². The molecule has 5 nitrogen and oxygen atoms in total. The van der Waals surface area contributed by atoms with Crippen molar-refractivity contribution in [2.75, 3.05) is 39.8 Å². The minimum Gasteiger partial charge on any atom is -0.496 e. The number of ether oxygens (including phenoxy) is 1. The third kappa shape index (κ3) is 3.87. The average Bonchev–Trinajstić information content (AvgIpc) is 3.08. The Labute approximate surface area is 131 Å². The molecule has 5 heteroatoms. The molecular formula is C17H24N4O. The lowest BCUT2D eigenvalue weighted by atomic mass is 10.1. The molecule has 1 aliphatic heterocycles. The van der Waals surface area contributed by atoms with Gasteiger partial charge in [-0.1, -0.05) is 18.2 Å². The molecular weight excluding hydrogens is 276 g/mol. The van der Waals surface area contributed by atoms with E-state index in [2.05, 4.69) is 32.1 Å². The van der Waals surface area contributed by atoms with Gasteiger partial charge in [-0.05, 0) is 18.1 Å². The van der Waals surface area contributed by atoms with Gasteiger partial charge in [0.2, 0.25) is 0 Å². The first-order valence-corrected chi connectivity index (χ1v) is 7.89. The summed E-state index contributed by atoms with van der Waals surface area (Å²) in [4.78, 5) is 5.04. The third-order valence-corrected chi connectivity index (χ3v) is 4.32. The third-order valence-electron chi connectivity index (χ3n) is 4.32. The molecule has 0 atom stereocenters. The molecule has 0 radical (unpaired) electrons. The summed E-state index contributed by atoms with van der Waals surface area (Å²) in [7, 11) is 1.74. The van der Waals surface area contributed by atoms with Gasteiger partial charge in [0.1, 0.15) is 5.75 Å². The molecule has 0 unspecified atom stereocenters. The van der Waals surface area contributed by atoms with E-state index in [4.69, 9.17) is 4.74 Å². The number of nitrogens with one attached hydrogen (secondary N) is 1. The zero-order chi connectivity index (χ0) is 15.2. The normalized spacial score (nSPS) is 16.8. The lowest BCUT2D eigenvalue weighted by molar-refractivity contribution is 0.127. The van der Waals surface area contributed by atoms with E-state index in [9.17, 15) is 0 Å². The Morgan fingerprint density at radius 3 is 2.64 bits per heavy atom. The number of methoxy groups -OCH3 is 1. The summed E-state index contributed by atoms with van der Waals surface area (Å²) in [5, 5.41) is 6.87. The minimum absolute atomic E-state index is 0.972. The van der Waals surface area contributed by atoms with Crippen LogP contribution in [0.5, 0.6) is 5.75 Å². The van der Waals surface area contributed by atoms with Gasteiger partial charge in [-0.15, -0.1) is 0 Å². The highest BCUT2D eigenvalue weighted by Crippen LogP contribution is 2.19. The number of aromatic amines is 1. The number of rotatable bonds is 6. The fourth-order valence-corrected chi connectivity index (χ4v) is 2.95. The number of H-pyrrole nitrogens is 1. The van der Waals surface area contributed by atoms with Crippen LogP contribution in [0.3, 0.4) is 0 Å². The summed E-state index contributed by atoms with van der Waals surface area (Å²) < 4.78 is 5.44. The Hall–Kier alpha value is -1.85. The molecule has 0 spiro atoms. The maximum absolute atomic E-state index is 5.44. The van der Waals surface area contributed by atoms with Crippen LogP contribution in [-0.4, -0.2) is 59.8 Å². The monoisotopic (exact) mass is 300 g/mol. The van der Waals surface area contributed by atoms with Gasteiger partial charge in [-0.25, -0.2) is 0 Å². The van der Waals surface area contributed by atoms with Crippen molar-refractivity contribution in [1.29, 1.82) is 0 Å². The summed E-state index contributed by atoms with van der Waals surface area (Å²) in [5.41, 5.74) is 2.56. The number of hydrogen-bond donors (Lipinski definition) is 1. The van der Waals surface area contributed by atoms with Crippen molar-refractivity contribution in [3.8, 4) is 5.75 Å². The van der Waals surface area contributed by atoms with Crippen LogP contribution < -0.4 is 4.74 Å². The lowest BCUT2D eigenvalue weighted by Gasteiger charge is -2.34. The van der Waals surface area contributed by atoms with E-state index in [1.54, 1.807) is 7.11 Å². The molecule has 1 saturated heterocycles. The Bertz CT molecular complexity index is 562. The SMILES string of the molecule is COc1ccccc1CN1CCN(CCc2cn[nH]c2)CC1. The van der Waals surface area contributed by atoms with E-state index in [0.717, 1.165) is 51.4 Å². The molecule has 1 aromatic carbocycles. The molecule has 0 bridgehead atoms. The van der Waals surface area contributed by atoms with Crippen LogP contribution in [0.4, 0.5) is 0 Å². The Morgan fingerprint density at radius 2 is 1.91 bits per heavy atom. The summed E-state index contributed by atoms with van der Waals surface area (Å²) in [6.07, 6.45) is 4.97. The van der Waals surface area contributed by atoms with E-state index in [1.807, 2.05) is 24.5 Å². The topological polar surface area (TPSA) is 44.4 Å². The average molecular weight is 300 g/mol. The van der Waals surface area contributed by atoms with Crippen LogP contribution in [-0.2, 0) is 13.0 Å². The Balaban J connectivity index is 1.45. The molecule has 2 aromatic rings. The van der Waals surface area contributed by atoms with Gasteiger partial charge in [0.25, 0.3) is 0 Å². The van der Waals surface area contributed by atoms with Crippen LogP contribution in [0.2, 0.25) is 0 Å². The van der Waals surface area contributed by atoms with E-state index in [1.165, 1.54) is 11.1 Å². The summed E-state index contributed by atoms with van der Waals surface area (Å²) in [6, 6.07) is 8.30. The molecule has 22 heavy (non-hydrogen) atoms. The summed E-state index contributed by atoms with van der Waals surface area (Å²) in [5.74, 6) is 0.991. The van der Waals surface area contributed by atoms with Gasteiger partial charge in [0.05, 0.1) is 13.3 Å². The molecule has 0 saturated carbocycles. The van der Waals surface area contributed by atoms with E-state index in [0.29, 0.717) is 0 Å². The first kappa shape index (κ1) is 15.1. The molecule has 118 valence electrons. The van der Waals surface area contributed by atoms with Gasteiger partial charge in [0, 0.05) is 51.0 Å². The quantitative estimate of drug-likeness (QED) is 0.883. The summed E-state index contributed by atoms with van der Waals surface area (Å²) in [6.45, 7) is 6.58. The molecule has 3 rings (SSSR count). The van der Waals surface area contributed by atoms with Crippen LogP contribution in [0, 0.1) is 0 Å². The van der Waals surface area contributed by atoms with Crippen molar-refractivity contribution in [3.63, 3.8) is 0 Å². The lowest BCUT2D eigenvalue weighted by Crippen LogP contribution is -2.46. The van der Waals surface area contributed by atoms with Gasteiger partial charge in [-0.3, -0.25) is 10.00 Å². The van der Waals surface area contributed by atoms with Crippen LogP contribution in [0.25, 0.3) is 0 Å². The zero-order valence-corrected chi connectivity index (χ0v) is 13.2. The standard InChI is InChI=1S/C17H24N4O/c1-22-17-5-3-2-4-16(17)14-21-10-8-20(9-11-21)7-6-15-12-18-19-13-15/h2-5,12-13H,6-11,14H2,1H3,(H,18,19). The second-order valence-corrected chi connectivity index (χ2v) is 5.79. The number of benzene rings is 1. The van der Waals surface area contributed by atoms with Crippen molar-refractivity contribution in [2.24, 2.45) is 0 Å². The molecule has 1 N–H and O–H groups in total. The number of nitrogens with zero attached hydrogens (tertiary/aromatic N) is 3. The predicted molar refractivity (Wildman–Crippen MR) is 87.0 cm³/mol. The van der Waals surface area contributed by atoms with Crippen LogP contribution >= 0.6 is 0 Å². The van der Waals surface area contributed by atoms with Gasteiger partial charge >= 0.3 is 0 Å². The van der Waals surface area contributed by atoms with Crippen molar-refractivity contribution >= 4 is 0 Å². The second kappa shape index (κ2) is 7.42. The second-order valence-electron chi connectivity index (χ2n) is 5.79. The Morgan fingerprint density at radius 1 is 1.14 bits per heavy atom. The van der Waals surface area contributed by atoms with E-state index in [-0.39, 0.29) is 0 Å². The van der Waals surface area contributed by atoms with Crippen molar-refractivity contribution in [3.05, 3.63) is 47.8 Å². The van der Waals surface area contributed by atoms with Crippen molar-refractivity contribution in [1.82, 2.24) is 20.0 Å². The fraction of sp³-hybridized carbons (Fsp3) is 0.471. The summed E-state index contributed by atoms with van der Waals surface area (Å²) >= 11 is 0. The molecule has 0 aliphatic carbocycles. The fourth-order valence-electron chi connectivity index (χ4n) is 2.95. The zero-order valence-electron chi connectivity index (χ0n) is 13.2. The van der Waals surface area contributed by atoms with Crippen LogP contribution in [0.15, 0.2) is 36.7 Å². The molecule has 0 amide bonds.